The fourth-order valence-electron chi connectivity index (χ4n) is 2.40. The molecule has 0 saturated carbocycles. The lowest BCUT2D eigenvalue weighted by Crippen LogP contribution is -2.24. The van der Waals surface area contributed by atoms with Gasteiger partial charge in [-0.3, -0.25) is 9.52 Å². The number of nitrogens with one attached hydrogen (secondary N) is 2. The molecule has 3 aromatic rings. The van der Waals surface area contributed by atoms with Gasteiger partial charge in [-0.1, -0.05) is 30.3 Å². The number of hydrogen-bond acceptors (Lipinski definition) is 6. The van der Waals surface area contributed by atoms with Crippen molar-refractivity contribution in [3.05, 3.63) is 76.8 Å². The molecule has 0 fully saturated rings. The normalized spacial score (nSPS) is 11.0. The van der Waals surface area contributed by atoms with Crippen LogP contribution in [0.1, 0.15) is 21.6 Å². The van der Waals surface area contributed by atoms with Crippen LogP contribution in [-0.4, -0.2) is 30.4 Å². The standard InChI is InChI=1S/C19H17N3O5S2/c23-17(20-11-13-6-8-14(9-7-13)18(24)25)10-15-12-28-19(21-15)22-29(26,27)16-4-2-1-3-5-16/h1-9,12H,10-11H2,(H,20,23)(H,21,22)(H,24,25). The fraction of sp³-hybridized carbons (Fsp3) is 0.105. The Morgan fingerprint density at radius 3 is 2.38 bits per heavy atom. The van der Waals surface area contributed by atoms with Crippen LogP contribution in [-0.2, 0) is 27.8 Å². The van der Waals surface area contributed by atoms with E-state index in [-0.39, 0.29) is 34.5 Å². The Bertz CT molecular complexity index is 1110. The summed E-state index contributed by atoms with van der Waals surface area (Å²) in [7, 11) is -3.73. The predicted octanol–water partition coefficient (Wildman–Crippen LogP) is 2.50. The smallest absolute Gasteiger partial charge is 0.335 e. The SMILES string of the molecule is O=C(Cc1csc(NS(=O)(=O)c2ccccc2)n1)NCc1ccc(C(=O)O)cc1. The highest BCUT2D eigenvalue weighted by molar-refractivity contribution is 7.93. The zero-order valence-corrected chi connectivity index (χ0v) is 16.7. The van der Waals surface area contributed by atoms with E-state index in [9.17, 15) is 18.0 Å². The number of hydrogen-bond donors (Lipinski definition) is 3. The van der Waals surface area contributed by atoms with Crippen molar-refractivity contribution in [2.24, 2.45) is 0 Å². The summed E-state index contributed by atoms with van der Waals surface area (Å²) in [4.78, 5) is 27.2. The number of aromatic carboxylic acids is 1. The summed E-state index contributed by atoms with van der Waals surface area (Å²) in [6.45, 7) is 0.246. The Balaban J connectivity index is 1.54. The molecule has 0 bridgehead atoms. The number of sulfonamides is 1. The van der Waals surface area contributed by atoms with Gasteiger partial charge in [0.15, 0.2) is 5.13 Å². The molecule has 0 atom stereocenters. The molecule has 0 aliphatic carbocycles. The second kappa shape index (κ2) is 8.84. The number of carbonyl (C=O) groups is 2. The van der Waals surface area contributed by atoms with Crippen LogP contribution >= 0.6 is 11.3 Å². The third kappa shape index (κ3) is 5.62. The first-order chi connectivity index (χ1) is 13.8. The van der Waals surface area contributed by atoms with Gasteiger partial charge in [-0.15, -0.1) is 11.3 Å². The molecule has 3 N–H and O–H groups in total. The number of rotatable bonds is 8. The molecule has 1 amide bonds. The molecule has 2 aromatic carbocycles. The lowest BCUT2D eigenvalue weighted by Gasteiger charge is -2.05. The van der Waals surface area contributed by atoms with Gasteiger partial charge in [0.2, 0.25) is 5.91 Å². The maximum atomic E-state index is 12.3. The number of benzene rings is 2. The average Bonchev–Trinajstić information content (AvgIpc) is 3.13. The predicted molar refractivity (Wildman–Crippen MR) is 108 cm³/mol. The van der Waals surface area contributed by atoms with Crippen LogP contribution in [0.3, 0.4) is 0 Å². The molecule has 1 heterocycles. The number of anilines is 1. The summed E-state index contributed by atoms with van der Waals surface area (Å²) in [5.41, 5.74) is 1.38. The first-order valence-electron chi connectivity index (χ1n) is 8.45. The zero-order chi connectivity index (χ0) is 20.9. The van der Waals surface area contributed by atoms with Crippen LogP contribution in [0.5, 0.6) is 0 Å². The second-order valence-corrected chi connectivity index (χ2v) is 8.56. The van der Waals surface area contributed by atoms with E-state index < -0.39 is 16.0 Å². The molecular weight excluding hydrogens is 414 g/mol. The van der Waals surface area contributed by atoms with Crippen LogP contribution in [0.15, 0.2) is 64.9 Å². The highest BCUT2D eigenvalue weighted by Gasteiger charge is 2.16. The molecular formula is C19H17N3O5S2. The number of nitrogens with zero attached hydrogens (tertiary/aromatic N) is 1. The Labute approximate surface area is 171 Å². The topological polar surface area (TPSA) is 125 Å². The zero-order valence-electron chi connectivity index (χ0n) is 15.0. The van der Waals surface area contributed by atoms with Crippen molar-refractivity contribution in [1.29, 1.82) is 0 Å². The maximum absolute atomic E-state index is 12.3. The molecule has 1 aromatic heterocycles. The van der Waals surface area contributed by atoms with Crippen molar-refractivity contribution in [3.8, 4) is 0 Å². The van der Waals surface area contributed by atoms with E-state index in [0.29, 0.717) is 5.69 Å². The summed E-state index contributed by atoms with van der Waals surface area (Å²) in [5.74, 6) is -1.29. The number of carboxylic acid groups (broad SMARTS) is 1. The van der Waals surface area contributed by atoms with Crippen LogP contribution in [0.4, 0.5) is 5.13 Å². The van der Waals surface area contributed by atoms with Gasteiger partial charge >= 0.3 is 5.97 Å². The van der Waals surface area contributed by atoms with Crippen molar-refractivity contribution >= 4 is 38.4 Å². The van der Waals surface area contributed by atoms with Crippen molar-refractivity contribution in [1.82, 2.24) is 10.3 Å². The molecule has 0 unspecified atom stereocenters. The van der Waals surface area contributed by atoms with E-state index in [1.165, 1.54) is 24.3 Å². The Hall–Kier alpha value is -3.24. The molecule has 29 heavy (non-hydrogen) atoms. The van der Waals surface area contributed by atoms with E-state index in [1.807, 2.05) is 0 Å². The van der Waals surface area contributed by atoms with Crippen molar-refractivity contribution in [2.45, 2.75) is 17.9 Å². The lowest BCUT2D eigenvalue weighted by atomic mass is 10.1. The monoisotopic (exact) mass is 431 g/mol. The first kappa shape index (κ1) is 20.5. The third-order valence-electron chi connectivity index (χ3n) is 3.86. The van der Waals surface area contributed by atoms with E-state index in [1.54, 1.807) is 35.7 Å². The van der Waals surface area contributed by atoms with E-state index in [0.717, 1.165) is 16.9 Å². The average molecular weight is 431 g/mol. The summed E-state index contributed by atoms with van der Waals surface area (Å²) in [5, 5.41) is 13.4. The lowest BCUT2D eigenvalue weighted by molar-refractivity contribution is -0.120. The summed E-state index contributed by atoms with van der Waals surface area (Å²) < 4.78 is 27.0. The summed E-state index contributed by atoms with van der Waals surface area (Å²) in [6, 6.07) is 14.1. The van der Waals surface area contributed by atoms with Crippen molar-refractivity contribution in [3.63, 3.8) is 0 Å². The Morgan fingerprint density at radius 1 is 1.03 bits per heavy atom. The van der Waals surface area contributed by atoms with Gasteiger partial charge in [0.25, 0.3) is 10.0 Å². The number of thiazole rings is 1. The number of aromatic nitrogens is 1. The quantitative estimate of drug-likeness (QED) is 0.503. The van der Waals surface area contributed by atoms with Gasteiger partial charge in [-0.05, 0) is 29.8 Å². The van der Waals surface area contributed by atoms with Crippen LogP contribution in [0.25, 0.3) is 0 Å². The van der Waals surface area contributed by atoms with E-state index in [2.05, 4.69) is 15.0 Å². The molecule has 3 rings (SSSR count). The maximum Gasteiger partial charge on any atom is 0.335 e. The molecule has 10 heteroatoms. The Kier molecular flexibility index (Phi) is 6.25. The molecule has 150 valence electrons. The molecule has 0 aliphatic heterocycles. The Morgan fingerprint density at radius 2 is 1.72 bits per heavy atom. The molecule has 8 nitrogen and oxygen atoms in total. The first-order valence-corrected chi connectivity index (χ1v) is 10.8. The van der Waals surface area contributed by atoms with Crippen LogP contribution < -0.4 is 10.0 Å². The van der Waals surface area contributed by atoms with Gasteiger partial charge in [0.1, 0.15) is 0 Å². The molecule has 0 saturated heterocycles. The largest absolute Gasteiger partial charge is 0.478 e. The third-order valence-corrected chi connectivity index (χ3v) is 6.15. The van der Waals surface area contributed by atoms with Gasteiger partial charge in [-0.2, -0.15) is 0 Å². The van der Waals surface area contributed by atoms with Gasteiger partial charge in [0, 0.05) is 11.9 Å². The number of carboxylic acids is 1. The fourth-order valence-corrected chi connectivity index (χ4v) is 4.39. The highest BCUT2D eigenvalue weighted by Crippen LogP contribution is 2.20. The molecule has 0 spiro atoms. The van der Waals surface area contributed by atoms with Gasteiger partial charge < -0.3 is 10.4 Å². The van der Waals surface area contributed by atoms with Crippen molar-refractivity contribution in [2.75, 3.05) is 4.72 Å². The minimum Gasteiger partial charge on any atom is -0.478 e. The van der Waals surface area contributed by atoms with E-state index >= 15 is 0 Å². The van der Waals surface area contributed by atoms with Crippen LogP contribution in [0.2, 0.25) is 0 Å². The highest BCUT2D eigenvalue weighted by atomic mass is 32.2. The van der Waals surface area contributed by atoms with E-state index in [4.69, 9.17) is 5.11 Å². The van der Waals surface area contributed by atoms with Gasteiger partial charge in [-0.25, -0.2) is 18.2 Å². The second-order valence-electron chi connectivity index (χ2n) is 6.02. The van der Waals surface area contributed by atoms with Crippen molar-refractivity contribution < 1.29 is 23.1 Å². The minimum atomic E-state index is -3.73. The summed E-state index contributed by atoms with van der Waals surface area (Å²) in [6.07, 6.45) is -0.00320. The molecule has 0 radical (unpaired) electrons. The number of amides is 1. The van der Waals surface area contributed by atoms with Crippen LogP contribution in [0, 0.1) is 0 Å². The minimum absolute atomic E-state index is 0.00320. The molecule has 0 aliphatic rings. The number of carbonyl (C=O) groups excluding carboxylic acids is 1. The summed E-state index contributed by atoms with van der Waals surface area (Å²) >= 11 is 1.09. The van der Waals surface area contributed by atoms with Gasteiger partial charge in [0.05, 0.1) is 22.6 Å².